The zero-order valence-electron chi connectivity index (χ0n) is 11.1. The molecule has 3 aromatic rings. The number of aromatic nitrogens is 4. The van der Waals surface area contributed by atoms with Crippen LogP contribution in [0.3, 0.4) is 0 Å². The Kier molecular flexibility index (Phi) is 3.63. The van der Waals surface area contributed by atoms with Gasteiger partial charge in [0.05, 0.1) is 11.6 Å². The highest BCUT2D eigenvalue weighted by molar-refractivity contribution is 7.99. The Balaban J connectivity index is 1.94. The number of halogens is 1. The number of rotatable bonds is 3. The highest BCUT2D eigenvalue weighted by Gasteiger charge is 2.10. The van der Waals surface area contributed by atoms with Gasteiger partial charge in [-0.1, -0.05) is 37.7 Å². The molecule has 4 nitrogen and oxygen atoms in total. The fourth-order valence-electron chi connectivity index (χ4n) is 1.89. The van der Waals surface area contributed by atoms with Crippen molar-refractivity contribution in [2.45, 2.75) is 29.7 Å². The van der Waals surface area contributed by atoms with Crippen molar-refractivity contribution >= 4 is 34.4 Å². The van der Waals surface area contributed by atoms with Crippen molar-refractivity contribution in [1.82, 2.24) is 20.2 Å². The molecular formula is C14H13ClN4S. The Labute approximate surface area is 126 Å². The van der Waals surface area contributed by atoms with Gasteiger partial charge in [0.2, 0.25) is 5.28 Å². The summed E-state index contributed by atoms with van der Waals surface area (Å²) >= 11 is 7.49. The molecule has 1 aromatic carbocycles. The topological polar surface area (TPSA) is 54.5 Å². The van der Waals surface area contributed by atoms with Crippen LogP contribution in [0.5, 0.6) is 0 Å². The van der Waals surface area contributed by atoms with Crippen molar-refractivity contribution in [3.05, 3.63) is 41.3 Å². The average Bonchev–Trinajstić information content (AvgIpc) is 2.87. The molecule has 0 atom stereocenters. The molecule has 0 saturated heterocycles. The normalized spacial score (nSPS) is 11.4. The Bertz CT molecular complexity index is 737. The molecule has 0 amide bonds. The standard InChI is InChI=1S/C14H13ClN4S/c1-8(2)9-3-5-10(6-4-9)20-13-11-7-16-19-12(11)17-14(15)18-13/h3-8H,1-2H3,(H,16,17,18,19). The van der Waals surface area contributed by atoms with E-state index in [0.29, 0.717) is 11.6 Å². The molecular weight excluding hydrogens is 292 g/mol. The molecule has 2 aromatic heterocycles. The molecule has 0 aliphatic heterocycles. The first-order valence-electron chi connectivity index (χ1n) is 6.28. The second kappa shape index (κ2) is 5.42. The van der Waals surface area contributed by atoms with Crippen LogP contribution in [-0.4, -0.2) is 20.2 Å². The van der Waals surface area contributed by atoms with Gasteiger partial charge in [0.25, 0.3) is 0 Å². The van der Waals surface area contributed by atoms with Crippen molar-refractivity contribution < 1.29 is 0 Å². The molecule has 0 aliphatic rings. The third kappa shape index (κ3) is 2.64. The van der Waals surface area contributed by atoms with Crippen LogP contribution in [0.4, 0.5) is 0 Å². The van der Waals surface area contributed by atoms with Crippen LogP contribution in [0.25, 0.3) is 11.0 Å². The summed E-state index contributed by atoms with van der Waals surface area (Å²) in [6.07, 6.45) is 1.72. The number of benzene rings is 1. The number of hydrogen-bond donors (Lipinski definition) is 1. The zero-order valence-corrected chi connectivity index (χ0v) is 12.7. The van der Waals surface area contributed by atoms with Crippen molar-refractivity contribution in [1.29, 1.82) is 0 Å². The first-order chi connectivity index (χ1) is 9.63. The van der Waals surface area contributed by atoms with E-state index in [9.17, 15) is 0 Å². The molecule has 102 valence electrons. The predicted molar refractivity (Wildman–Crippen MR) is 81.3 cm³/mol. The third-order valence-electron chi connectivity index (χ3n) is 3.01. The van der Waals surface area contributed by atoms with Gasteiger partial charge in [-0.15, -0.1) is 0 Å². The summed E-state index contributed by atoms with van der Waals surface area (Å²) in [6, 6.07) is 8.48. The first-order valence-corrected chi connectivity index (χ1v) is 7.47. The number of aromatic amines is 1. The SMILES string of the molecule is CC(C)c1ccc(Sc2nc(Cl)nc3[nH]ncc23)cc1. The van der Waals surface area contributed by atoms with Crippen LogP contribution in [0.15, 0.2) is 40.4 Å². The summed E-state index contributed by atoms with van der Waals surface area (Å²) in [5.41, 5.74) is 1.98. The van der Waals surface area contributed by atoms with Crippen LogP contribution in [0.2, 0.25) is 5.28 Å². The van der Waals surface area contributed by atoms with E-state index in [0.717, 1.165) is 15.3 Å². The van der Waals surface area contributed by atoms with Gasteiger partial charge in [-0.25, -0.2) is 4.98 Å². The van der Waals surface area contributed by atoms with E-state index in [2.05, 4.69) is 58.3 Å². The summed E-state index contributed by atoms with van der Waals surface area (Å²) < 4.78 is 0. The van der Waals surface area contributed by atoms with Gasteiger partial charge in [-0.05, 0) is 35.2 Å². The maximum Gasteiger partial charge on any atom is 0.225 e. The lowest BCUT2D eigenvalue weighted by molar-refractivity contribution is 0.865. The van der Waals surface area contributed by atoms with E-state index in [4.69, 9.17) is 11.6 Å². The molecule has 0 fully saturated rings. The van der Waals surface area contributed by atoms with Crippen LogP contribution < -0.4 is 0 Å². The smallest absolute Gasteiger partial charge is 0.225 e. The van der Waals surface area contributed by atoms with Gasteiger partial charge in [0.1, 0.15) is 5.03 Å². The quantitative estimate of drug-likeness (QED) is 0.579. The number of H-pyrrole nitrogens is 1. The van der Waals surface area contributed by atoms with Crippen LogP contribution >= 0.6 is 23.4 Å². The number of fused-ring (bicyclic) bond motifs is 1. The maximum absolute atomic E-state index is 5.93. The first kappa shape index (κ1) is 13.4. The summed E-state index contributed by atoms with van der Waals surface area (Å²) in [5, 5.41) is 8.71. The summed E-state index contributed by atoms with van der Waals surface area (Å²) in [4.78, 5) is 9.50. The zero-order chi connectivity index (χ0) is 14.1. The molecule has 3 rings (SSSR count). The monoisotopic (exact) mass is 304 g/mol. The minimum Gasteiger partial charge on any atom is -0.261 e. The number of nitrogens with one attached hydrogen (secondary N) is 1. The highest BCUT2D eigenvalue weighted by Crippen LogP contribution is 2.32. The van der Waals surface area contributed by atoms with Gasteiger partial charge in [0, 0.05) is 4.90 Å². The van der Waals surface area contributed by atoms with E-state index >= 15 is 0 Å². The molecule has 6 heteroatoms. The molecule has 0 radical (unpaired) electrons. The minimum absolute atomic E-state index is 0.225. The average molecular weight is 305 g/mol. The van der Waals surface area contributed by atoms with Gasteiger partial charge < -0.3 is 0 Å². The lowest BCUT2D eigenvalue weighted by atomic mass is 10.0. The molecule has 2 heterocycles. The summed E-state index contributed by atoms with van der Waals surface area (Å²) in [7, 11) is 0. The lowest BCUT2D eigenvalue weighted by Crippen LogP contribution is -1.89. The Hall–Kier alpha value is -1.59. The Morgan fingerprint density at radius 3 is 2.60 bits per heavy atom. The van der Waals surface area contributed by atoms with Gasteiger partial charge in [0.15, 0.2) is 5.65 Å². The molecule has 0 spiro atoms. The molecule has 0 unspecified atom stereocenters. The number of hydrogen-bond acceptors (Lipinski definition) is 4. The van der Waals surface area contributed by atoms with Crippen LogP contribution in [0.1, 0.15) is 25.3 Å². The molecule has 1 N–H and O–H groups in total. The van der Waals surface area contributed by atoms with Crippen LogP contribution in [-0.2, 0) is 0 Å². The third-order valence-corrected chi connectivity index (χ3v) is 4.19. The van der Waals surface area contributed by atoms with Gasteiger partial charge in [-0.3, -0.25) is 5.10 Å². The van der Waals surface area contributed by atoms with Crippen molar-refractivity contribution in [2.75, 3.05) is 0 Å². The van der Waals surface area contributed by atoms with E-state index in [1.807, 2.05) is 0 Å². The highest BCUT2D eigenvalue weighted by atomic mass is 35.5. The molecule has 0 saturated carbocycles. The van der Waals surface area contributed by atoms with Gasteiger partial charge >= 0.3 is 0 Å². The molecule has 20 heavy (non-hydrogen) atoms. The fraction of sp³-hybridized carbons (Fsp3) is 0.214. The summed E-state index contributed by atoms with van der Waals surface area (Å²) in [5.74, 6) is 0.531. The van der Waals surface area contributed by atoms with Crippen LogP contribution in [0, 0.1) is 0 Å². The van der Waals surface area contributed by atoms with Crippen molar-refractivity contribution in [2.24, 2.45) is 0 Å². The molecule has 0 bridgehead atoms. The fourth-order valence-corrected chi connectivity index (χ4v) is 3.00. The Morgan fingerprint density at radius 1 is 1.15 bits per heavy atom. The second-order valence-corrected chi connectivity index (χ2v) is 6.16. The van der Waals surface area contributed by atoms with Crippen molar-refractivity contribution in [3.63, 3.8) is 0 Å². The summed E-state index contributed by atoms with van der Waals surface area (Å²) in [6.45, 7) is 4.36. The molecule has 0 aliphatic carbocycles. The lowest BCUT2D eigenvalue weighted by Gasteiger charge is -2.07. The maximum atomic E-state index is 5.93. The minimum atomic E-state index is 0.225. The Morgan fingerprint density at radius 2 is 1.90 bits per heavy atom. The van der Waals surface area contributed by atoms with E-state index in [-0.39, 0.29) is 5.28 Å². The largest absolute Gasteiger partial charge is 0.261 e. The van der Waals surface area contributed by atoms with E-state index in [1.165, 1.54) is 5.56 Å². The van der Waals surface area contributed by atoms with E-state index in [1.54, 1.807) is 18.0 Å². The number of nitrogens with zero attached hydrogens (tertiary/aromatic N) is 3. The predicted octanol–water partition coefficient (Wildman–Crippen LogP) is 4.28. The second-order valence-electron chi connectivity index (χ2n) is 4.76. The van der Waals surface area contributed by atoms with Gasteiger partial charge in [-0.2, -0.15) is 10.1 Å². The van der Waals surface area contributed by atoms with Crippen molar-refractivity contribution in [3.8, 4) is 0 Å². The van der Waals surface area contributed by atoms with E-state index < -0.39 is 0 Å².